The Bertz CT molecular complexity index is 282. The fourth-order valence-corrected chi connectivity index (χ4v) is 1.28. The molecule has 0 radical (unpaired) electrons. The first-order valence-electron chi connectivity index (χ1n) is 4.41. The molecule has 0 heterocycles. The van der Waals surface area contributed by atoms with Crippen LogP contribution >= 0.6 is 0 Å². The van der Waals surface area contributed by atoms with Crippen LogP contribution in [0, 0.1) is 12.7 Å². The van der Waals surface area contributed by atoms with Gasteiger partial charge < -0.3 is 0 Å². The number of hydrazine groups is 1. The highest BCUT2D eigenvalue weighted by molar-refractivity contribution is 5.25. The predicted octanol–water partition coefficient (Wildman–Crippen LogP) is 2.05. The Morgan fingerprint density at radius 3 is 2.69 bits per heavy atom. The molecule has 1 aromatic rings. The molecule has 0 spiro atoms. The first kappa shape index (κ1) is 10.2. The Hall–Kier alpha value is -0.930. The standard InChI is InChI=1S/C10H15FN2/c1-3-10(13-12)8-5-4-7(2)9(11)6-8/h4-6,10,13H,3,12H2,1-2H3. The van der Waals surface area contributed by atoms with Crippen LogP contribution in [0.2, 0.25) is 0 Å². The Labute approximate surface area is 77.9 Å². The number of nitrogens with two attached hydrogens (primary N) is 1. The second kappa shape index (κ2) is 4.35. The van der Waals surface area contributed by atoms with Crippen molar-refractivity contribution < 1.29 is 4.39 Å². The Morgan fingerprint density at radius 2 is 2.23 bits per heavy atom. The summed E-state index contributed by atoms with van der Waals surface area (Å²) in [6.45, 7) is 3.75. The van der Waals surface area contributed by atoms with Crippen molar-refractivity contribution in [3.8, 4) is 0 Å². The smallest absolute Gasteiger partial charge is 0.126 e. The third-order valence-corrected chi connectivity index (χ3v) is 2.21. The van der Waals surface area contributed by atoms with E-state index in [-0.39, 0.29) is 11.9 Å². The molecule has 2 nitrogen and oxygen atoms in total. The van der Waals surface area contributed by atoms with Crippen LogP contribution in [0.4, 0.5) is 4.39 Å². The molecule has 0 aromatic heterocycles. The lowest BCUT2D eigenvalue weighted by atomic mass is 10.0. The molecular formula is C10H15FN2. The van der Waals surface area contributed by atoms with Gasteiger partial charge in [-0.05, 0) is 30.5 Å². The van der Waals surface area contributed by atoms with Crippen LogP contribution in [0.1, 0.15) is 30.5 Å². The van der Waals surface area contributed by atoms with Crippen molar-refractivity contribution >= 4 is 0 Å². The Kier molecular flexibility index (Phi) is 3.39. The largest absolute Gasteiger partial charge is 0.271 e. The van der Waals surface area contributed by atoms with E-state index in [1.807, 2.05) is 13.0 Å². The van der Waals surface area contributed by atoms with Gasteiger partial charge >= 0.3 is 0 Å². The lowest BCUT2D eigenvalue weighted by Gasteiger charge is -2.14. The van der Waals surface area contributed by atoms with E-state index in [1.165, 1.54) is 6.07 Å². The molecule has 1 rings (SSSR count). The van der Waals surface area contributed by atoms with E-state index in [0.29, 0.717) is 5.56 Å². The average Bonchev–Trinajstić information content (AvgIpc) is 2.13. The van der Waals surface area contributed by atoms with E-state index in [9.17, 15) is 4.39 Å². The van der Waals surface area contributed by atoms with Gasteiger partial charge in [0.05, 0.1) is 0 Å². The number of aryl methyl sites for hydroxylation is 1. The van der Waals surface area contributed by atoms with Gasteiger partial charge in [0, 0.05) is 6.04 Å². The Morgan fingerprint density at radius 1 is 1.54 bits per heavy atom. The molecule has 13 heavy (non-hydrogen) atoms. The minimum Gasteiger partial charge on any atom is -0.271 e. The third-order valence-electron chi connectivity index (χ3n) is 2.21. The molecule has 0 aliphatic heterocycles. The Balaban J connectivity index is 2.95. The highest BCUT2D eigenvalue weighted by Gasteiger charge is 2.08. The van der Waals surface area contributed by atoms with Crippen molar-refractivity contribution in [3.05, 3.63) is 35.1 Å². The van der Waals surface area contributed by atoms with Crippen molar-refractivity contribution in [1.29, 1.82) is 0 Å². The molecule has 0 saturated heterocycles. The van der Waals surface area contributed by atoms with Gasteiger partial charge in [0.15, 0.2) is 0 Å². The molecule has 0 fully saturated rings. The highest BCUT2D eigenvalue weighted by atomic mass is 19.1. The van der Waals surface area contributed by atoms with Crippen LogP contribution in [-0.2, 0) is 0 Å². The number of benzene rings is 1. The summed E-state index contributed by atoms with van der Waals surface area (Å²) in [5.41, 5.74) is 4.21. The summed E-state index contributed by atoms with van der Waals surface area (Å²) in [7, 11) is 0. The number of rotatable bonds is 3. The topological polar surface area (TPSA) is 38.0 Å². The van der Waals surface area contributed by atoms with Gasteiger partial charge in [0.1, 0.15) is 5.82 Å². The van der Waals surface area contributed by atoms with Crippen molar-refractivity contribution in [2.24, 2.45) is 5.84 Å². The van der Waals surface area contributed by atoms with Crippen LogP contribution in [0.25, 0.3) is 0 Å². The molecular weight excluding hydrogens is 167 g/mol. The second-order valence-electron chi connectivity index (χ2n) is 3.14. The summed E-state index contributed by atoms with van der Waals surface area (Å²) < 4.78 is 13.1. The van der Waals surface area contributed by atoms with Crippen LogP contribution < -0.4 is 11.3 Å². The van der Waals surface area contributed by atoms with Crippen molar-refractivity contribution in [2.75, 3.05) is 0 Å². The van der Waals surface area contributed by atoms with E-state index in [4.69, 9.17) is 5.84 Å². The van der Waals surface area contributed by atoms with Gasteiger partial charge in [-0.3, -0.25) is 11.3 Å². The van der Waals surface area contributed by atoms with E-state index in [2.05, 4.69) is 5.43 Å². The normalized spacial score (nSPS) is 12.9. The fourth-order valence-electron chi connectivity index (χ4n) is 1.28. The van der Waals surface area contributed by atoms with Crippen LogP contribution in [0.3, 0.4) is 0 Å². The maximum absolute atomic E-state index is 13.1. The SMILES string of the molecule is CCC(NN)c1ccc(C)c(F)c1. The molecule has 0 saturated carbocycles. The van der Waals surface area contributed by atoms with Gasteiger partial charge in [0.25, 0.3) is 0 Å². The maximum atomic E-state index is 13.1. The lowest BCUT2D eigenvalue weighted by molar-refractivity contribution is 0.532. The monoisotopic (exact) mass is 182 g/mol. The van der Waals surface area contributed by atoms with Crippen molar-refractivity contribution in [1.82, 2.24) is 5.43 Å². The van der Waals surface area contributed by atoms with Crippen LogP contribution in [-0.4, -0.2) is 0 Å². The summed E-state index contributed by atoms with van der Waals surface area (Å²) in [6.07, 6.45) is 0.846. The minimum absolute atomic E-state index is 0.0371. The quantitative estimate of drug-likeness (QED) is 0.554. The zero-order valence-corrected chi connectivity index (χ0v) is 7.97. The first-order chi connectivity index (χ1) is 6.19. The van der Waals surface area contributed by atoms with Gasteiger partial charge in [-0.1, -0.05) is 19.1 Å². The summed E-state index contributed by atoms with van der Waals surface area (Å²) in [5.74, 6) is 5.16. The molecule has 0 amide bonds. The predicted molar refractivity (Wildman–Crippen MR) is 51.5 cm³/mol. The number of hydrogen-bond donors (Lipinski definition) is 2. The zero-order chi connectivity index (χ0) is 9.84. The third kappa shape index (κ3) is 2.26. The number of nitrogens with one attached hydrogen (secondary N) is 1. The van der Waals surface area contributed by atoms with E-state index >= 15 is 0 Å². The minimum atomic E-state index is -0.175. The van der Waals surface area contributed by atoms with E-state index < -0.39 is 0 Å². The van der Waals surface area contributed by atoms with Crippen molar-refractivity contribution in [3.63, 3.8) is 0 Å². The molecule has 3 heteroatoms. The van der Waals surface area contributed by atoms with Crippen molar-refractivity contribution in [2.45, 2.75) is 26.3 Å². The summed E-state index contributed by atoms with van der Waals surface area (Å²) >= 11 is 0. The van der Waals surface area contributed by atoms with Gasteiger partial charge in [0.2, 0.25) is 0 Å². The summed E-state index contributed by atoms with van der Waals surface area (Å²) in [6, 6.07) is 5.23. The molecule has 3 N–H and O–H groups in total. The maximum Gasteiger partial charge on any atom is 0.126 e. The molecule has 72 valence electrons. The first-order valence-corrected chi connectivity index (χ1v) is 4.41. The van der Waals surface area contributed by atoms with Gasteiger partial charge in [-0.15, -0.1) is 0 Å². The summed E-state index contributed by atoms with van der Waals surface area (Å²) in [4.78, 5) is 0. The van der Waals surface area contributed by atoms with Gasteiger partial charge in [-0.2, -0.15) is 0 Å². The molecule has 1 atom stereocenters. The zero-order valence-electron chi connectivity index (χ0n) is 7.97. The van der Waals surface area contributed by atoms with Crippen LogP contribution in [0.5, 0.6) is 0 Å². The molecule has 1 unspecified atom stereocenters. The second-order valence-corrected chi connectivity index (χ2v) is 3.14. The fraction of sp³-hybridized carbons (Fsp3) is 0.400. The molecule has 1 aromatic carbocycles. The number of hydrogen-bond acceptors (Lipinski definition) is 2. The number of halogens is 1. The molecule has 0 aliphatic carbocycles. The lowest BCUT2D eigenvalue weighted by Crippen LogP contribution is -2.27. The van der Waals surface area contributed by atoms with Crippen LogP contribution in [0.15, 0.2) is 18.2 Å². The molecule has 0 bridgehead atoms. The van der Waals surface area contributed by atoms with E-state index in [1.54, 1.807) is 13.0 Å². The van der Waals surface area contributed by atoms with E-state index in [0.717, 1.165) is 12.0 Å². The van der Waals surface area contributed by atoms with Gasteiger partial charge in [-0.25, -0.2) is 4.39 Å². The highest BCUT2D eigenvalue weighted by Crippen LogP contribution is 2.18. The molecule has 0 aliphatic rings. The summed E-state index contributed by atoms with van der Waals surface area (Å²) in [5, 5.41) is 0. The average molecular weight is 182 g/mol.